The van der Waals surface area contributed by atoms with E-state index in [0.29, 0.717) is 11.6 Å². The summed E-state index contributed by atoms with van der Waals surface area (Å²) >= 11 is 0. The summed E-state index contributed by atoms with van der Waals surface area (Å²) in [6.45, 7) is 0.223. The van der Waals surface area contributed by atoms with Crippen molar-refractivity contribution in [2.75, 3.05) is 13.1 Å². The van der Waals surface area contributed by atoms with Gasteiger partial charge in [0, 0.05) is 30.8 Å². The maximum atomic E-state index is 13.7. The van der Waals surface area contributed by atoms with Gasteiger partial charge in [0.15, 0.2) is 0 Å². The normalized spacial score (nSPS) is 14.9. The van der Waals surface area contributed by atoms with Gasteiger partial charge < -0.3 is 10.0 Å². The van der Waals surface area contributed by atoms with Crippen molar-refractivity contribution in [3.05, 3.63) is 45.5 Å². The van der Waals surface area contributed by atoms with Crippen LogP contribution in [0.5, 0.6) is 0 Å². The first-order chi connectivity index (χ1) is 9.40. The molecule has 1 aromatic carbocycles. The lowest BCUT2D eigenvalue weighted by atomic mass is 9.98. The molecular weight excluding hydrogens is 274 g/mol. The van der Waals surface area contributed by atoms with Crippen LogP contribution in [0.3, 0.4) is 0 Å². The van der Waals surface area contributed by atoms with Crippen LogP contribution < -0.4 is 0 Å². The van der Waals surface area contributed by atoms with Crippen LogP contribution in [0.2, 0.25) is 0 Å². The SMILES string of the molecule is O=C(O)N1CC=C(c2cc([N+](=O)[O-])c(F)cc2F)CC1. The van der Waals surface area contributed by atoms with Gasteiger partial charge in [-0.3, -0.25) is 10.1 Å². The molecule has 0 saturated heterocycles. The zero-order valence-electron chi connectivity index (χ0n) is 10.2. The summed E-state index contributed by atoms with van der Waals surface area (Å²) in [5.74, 6) is -2.14. The van der Waals surface area contributed by atoms with Gasteiger partial charge in [-0.15, -0.1) is 0 Å². The van der Waals surface area contributed by atoms with E-state index in [1.165, 1.54) is 6.08 Å². The largest absolute Gasteiger partial charge is 0.465 e. The molecule has 20 heavy (non-hydrogen) atoms. The molecule has 6 nitrogen and oxygen atoms in total. The van der Waals surface area contributed by atoms with E-state index in [2.05, 4.69) is 0 Å². The predicted octanol–water partition coefficient (Wildman–Crippen LogP) is 2.64. The summed E-state index contributed by atoms with van der Waals surface area (Å²) in [5.41, 5.74) is -0.436. The zero-order chi connectivity index (χ0) is 14.9. The van der Waals surface area contributed by atoms with Crippen LogP contribution in [0.25, 0.3) is 5.57 Å². The van der Waals surface area contributed by atoms with Gasteiger partial charge in [0.05, 0.1) is 4.92 Å². The third kappa shape index (κ3) is 2.58. The van der Waals surface area contributed by atoms with Crippen molar-refractivity contribution in [3.8, 4) is 0 Å². The lowest BCUT2D eigenvalue weighted by Gasteiger charge is -2.23. The van der Waals surface area contributed by atoms with Crippen molar-refractivity contribution < 1.29 is 23.6 Å². The minimum Gasteiger partial charge on any atom is -0.465 e. The standard InChI is InChI=1S/C12H10F2N2O4/c13-9-6-10(14)11(16(19)20)5-8(9)7-1-3-15(4-2-7)12(17)18/h1,5-6H,2-4H2,(H,17,18). The van der Waals surface area contributed by atoms with E-state index in [-0.39, 0.29) is 25.1 Å². The van der Waals surface area contributed by atoms with Crippen LogP contribution in [0, 0.1) is 21.7 Å². The Hall–Kier alpha value is -2.51. The van der Waals surface area contributed by atoms with Crippen LogP contribution in [0.4, 0.5) is 19.3 Å². The van der Waals surface area contributed by atoms with E-state index in [9.17, 15) is 23.7 Å². The van der Waals surface area contributed by atoms with Crippen molar-refractivity contribution in [1.29, 1.82) is 0 Å². The van der Waals surface area contributed by atoms with Crippen LogP contribution >= 0.6 is 0 Å². The topological polar surface area (TPSA) is 83.7 Å². The molecule has 0 saturated carbocycles. The van der Waals surface area contributed by atoms with Crippen molar-refractivity contribution in [1.82, 2.24) is 4.90 Å². The maximum Gasteiger partial charge on any atom is 0.407 e. The molecule has 0 bridgehead atoms. The first-order valence-electron chi connectivity index (χ1n) is 5.71. The number of nitro benzene ring substituents is 1. The van der Waals surface area contributed by atoms with Crippen molar-refractivity contribution in [2.45, 2.75) is 6.42 Å². The highest BCUT2D eigenvalue weighted by molar-refractivity contribution is 5.72. The second-order valence-corrected chi connectivity index (χ2v) is 4.25. The zero-order valence-corrected chi connectivity index (χ0v) is 10.2. The molecule has 1 amide bonds. The van der Waals surface area contributed by atoms with Gasteiger partial charge in [0.2, 0.25) is 5.82 Å². The lowest BCUT2D eigenvalue weighted by molar-refractivity contribution is -0.387. The Balaban J connectivity index is 2.37. The molecule has 106 valence electrons. The molecule has 0 aromatic heterocycles. The second kappa shape index (κ2) is 5.24. The number of carboxylic acid groups (broad SMARTS) is 1. The monoisotopic (exact) mass is 284 g/mol. The van der Waals surface area contributed by atoms with Crippen LogP contribution in [-0.4, -0.2) is 34.1 Å². The number of amides is 1. The number of benzene rings is 1. The number of nitrogens with zero attached hydrogens (tertiary/aromatic N) is 2. The Morgan fingerprint density at radius 2 is 2.05 bits per heavy atom. The van der Waals surface area contributed by atoms with E-state index in [1.807, 2.05) is 0 Å². The molecule has 0 aliphatic carbocycles. The van der Waals surface area contributed by atoms with Gasteiger partial charge in [0.25, 0.3) is 0 Å². The fourth-order valence-electron chi connectivity index (χ4n) is 2.01. The number of rotatable bonds is 2. The maximum absolute atomic E-state index is 13.7. The molecule has 1 aliphatic heterocycles. The van der Waals surface area contributed by atoms with Crippen molar-refractivity contribution in [2.24, 2.45) is 0 Å². The van der Waals surface area contributed by atoms with Gasteiger partial charge in [-0.2, -0.15) is 4.39 Å². The number of nitro groups is 1. The fraction of sp³-hybridized carbons (Fsp3) is 0.250. The second-order valence-electron chi connectivity index (χ2n) is 4.25. The molecule has 8 heteroatoms. The minimum atomic E-state index is -1.24. The molecule has 1 N–H and O–H groups in total. The number of carbonyl (C=O) groups is 1. The molecule has 0 spiro atoms. The Labute approximate surface area is 112 Å². The van der Waals surface area contributed by atoms with Crippen molar-refractivity contribution in [3.63, 3.8) is 0 Å². The lowest BCUT2D eigenvalue weighted by Crippen LogP contribution is -2.33. The first-order valence-corrected chi connectivity index (χ1v) is 5.71. The van der Waals surface area contributed by atoms with Gasteiger partial charge in [0.1, 0.15) is 5.82 Å². The molecule has 1 heterocycles. The Morgan fingerprint density at radius 1 is 1.35 bits per heavy atom. The molecule has 2 rings (SSSR count). The highest BCUT2D eigenvalue weighted by Gasteiger charge is 2.23. The van der Waals surface area contributed by atoms with E-state index in [1.54, 1.807) is 0 Å². The highest BCUT2D eigenvalue weighted by atomic mass is 19.1. The highest BCUT2D eigenvalue weighted by Crippen LogP contribution is 2.29. The van der Waals surface area contributed by atoms with Crippen molar-refractivity contribution >= 4 is 17.4 Å². The molecule has 0 radical (unpaired) electrons. The van der Waals surface area contributed by atoms with Crippen LogP contribution in [0.1, 0.15) is 12.0 Å². The number of hydrogen-bond donors (Lipinski definition) is 1. The average molecular weight is 284 g/mol. The van der Waals surface area contributed by atoms with Gasteiger partial charge in [-0.1, -0.05) is 6.08 Å². The molecule has 0 atom stereocenters. The molecule has 1 aromatic rings. The summed E-state index contributed by atoms with van der Waals surface area (Å²) in [6.07, 6.45) is 0.592. The molecular formula is C12H10F2N2O4. The molecule has 0 fully saturated rings. The number of halogens is 2. The average Bonchev–Trinajstić information content (AvgIpc) is 2.38. The van der Waals surface area contributed by atoms with E-state index >= 15 is 0 Å². The third-order valence-electron chi connectivity index (χ3n) is 3.06. The Bertz CT molecular complexity index is 616. The Morgan fingerprint density at radius 3 is 2.55 bits per heavy atom. The summed E-state index contributed by atoms with van der Waals surface area (Å²) in [5, 5.41) is 19.4. The Kier molecular flexibility index (Phi) is 3.64. The van der Waals surface area contributed by atoms with Crippen LogP contribution in [0.15, 0.2) is 18.2 Å². The van der Waals surface area contributed by atoms with E-state index in [4.69, 9.17) is 5.11 Å². The number of hydrogen-bond acceptors (Lipinski definition) is 3. The smallest absolute Gasteiger partial charge is 0.407 e. The first kappa shape index (κ1) is 13.9. The quantitative estimate of drug-likeness (QED) is 0.668. The van der Waals surface area contributed by atoms with Gasteiger partial charge in [-0.05, 0) is 12.0 Å². The third-order valence-corrected chi connectivity index (χ3v) is 3.06. The van der Waals surface area contributed by atoms with E-state index < -0.39 is 28.3 Å². The summed E-state index contributed by atoms with van der Waals surface area (Å²) in [6, 6.07) is 1.31. The molecule has 1 aliphatic rings. The van der Waals surface area contributed by atoms with Gasteiger partial charge >= 0.3 is 11.8 Å². The van der Waals surface area contributed by atoms with E-state index in [0.717, 1.165) is 11.0 Å². The summed E-state index contributed by atoms with van der Waals surface area (Å²) in [4.78, 5) is 21.6. The minimum absolute atomic E-state index is 0.0648. The summed E-state index contributed by atoms with van der Waals surface area (Å²) < 4.78 is 26.9. The summed E-state index contributed by atoms with van der Waals surface area (Å²) in [7, 11) is 0. The molecule has 0 unspecified atom stereocenters. The van der Waals surface area contributed by atoms with Gasteiger partial charge in [-0.25, -0.2) is 9.18 Å². The van der Waals surface area contributed by atoms with Crippen LogP contribution in [-0.2, 0) is 0 Å². The fourth-order valence-corrected chi connectivity index (χ4v) is 2.01. The predicted molar refractivity (Wildman–Crippen MR) is 65.2 cm³/mol.